The number of aryl methyl sites for hydroxylation is 1. The molecule has 5 nitrogen and oxygen atoms in total. The number of nitrogens with zero attached hydrogens (tertiary/aromatic N) is 3. The summed E-state index contributed by atoms with van der Waals surface area (Å²) in [6, 6.07) is 10.5. The predicted octanol–water partition coefficient (Wildman–Crippen LogP) is 3.84. The van der Waals surface area contributed by atoms with Gasteiger partial charge in [0.2, 0.25) is 17.6 Å². The van der Waals surface area contributed by atoms with Crippen molar-refractivity contribution in [3.05, 3.63) is 65.6 Å². The van der Waals surface area contributed by atoms with E-state index in [1.165, 1.54) is 18.2 Å². The lowest BCUT2D eigenvalue weighted by Gasteiger charge is -2.16. The highest BCUT2D eigenvalue weighted by atomic mass is 19.1. The molecule has 0 saturated carbocycles. The predicted molar refractivity (Wildman–Crippen MR) is 90.5 cm³/mol. The Bertz CT molecular complexity index is 986. The molecule has 1 amide bonds. The van der Waals surface area contributed by atoms with Crippen LogP contribution in [0.5, 0.6) is 0 Å². The van der Waals surface area contributed by atoms with Crippen molar-refractivity contribution in [3.63, 3.8) is 0 Å². The van der Waals surface area contributed by atoms with E-state index in [0.717, 1.165) is 0 Å². The summed E-state index contributed by atoms with van der Waals surface area (Å²) in [5, 5.41) is 3.89. The summed E-state index contributed by atoms with van der Waals surface area (Å²) >= 11 is 0. The maximum atomic E-state index is 13.5. The van der Waals surface area contributed by atoms with Gasteiger partial charge in [-0.1, -0.05) is 17.3 Å². The lowest BCUT2D eigenvalue weighted by molar-refractivity contribution is -0.117. The van der Waals surface area contributed by atoms with Crippen LogP contribution in [0, 0.1) is 18.6 Å². The van der Waals surface area contributed by atoms with E-state index in [4.69, 9.17) is 4.52 Å². The van der Waals surface area contributed by atoms with Crippen LogP contribution in [0.2, 0.25) is 0 Å². The Morgan fingerprint density at radius 2 is 2.04 bits per heavy atom. The highest BCUT2D eigenvalue weighted by Crippen LogP contribution is 2.32. The Morgan fingerprint density at radius 1 is 1.19 bits per heavy atom. The minimum Gasteiger partial charge on any atom is -0.339 e. The molecule has 1 fully saturated rings. The van der Waals surface area contributed by atoms with Gasteiger partial charge in [-0.3, -0.25) is 4.79 Å². The fraction of sp³-hybridized carbons (Fsp3) is 0.211. The smallest absolute Gasteiger partial charge is 0.232 e. The topological polar surface area (TPSA) is 59.2 Å². The average molecular weight is 355 g/mol. The van der Waals surface area contributed by atoms with Crippen molar-refractivity contribution in [2.24, 2.45) is 0 Å². The SMILES string of the molecule is Cc1cc(N2CC(c3nc(-c4cccc(F)c4)no3)CC2=O)ccc1F. The third kappa shape index (κ3) is 2.96. The number of anilines is 1. The standard InChI is InChI=1S/C19H15F2N3O2/c1-11-7-15(5-6-16(11)21)24-10-13(9-17(24)25)19-22-18(23-26-19)12-3-2-4-14(20)8-12/h2-8,13H,9-10H2,1H3. The Morgan fingerprint density at radius 3 is 2.81 bits per heavy atom. The molecule has 1 aliphatic rings. The fourth-order valence-electron chi connectivity index (χ4n) is 3.07. The first-order valence-electron chi connectivity index (χ1n) is 8.17. The highest BCUT2D eigenvalue weighted by Gasteiger charge is 2.35. The monoisotopic (exact) mass is 355 g/mol. The van der Waals surface area contributed by atoms with Crippen molar-refractivity contribution in [1.29, 1.82) is 0 Å². The molecule has 2 aromatic carbocycles. The van der Waals surface area contributed by atoms with E-state index in [1.54, 1.807) is 36.1 Å². The van der Waals surface area contributed by atoms with Crippen LogP contribution in [0.4, 0.5) is 14.5 Å². The van der Waals surface area contributed by atoms with Gasteiger partial charge in [-0.25, -0.2) is 8.78 Å². The van der Waals surface area contributed by atoms with Crippen LogP contribution < -0.4 is 4.90 Å². The third-order valence-corrected chi connectivity index (χ3v) is 4.45. The normalized spacial score (nSPS) is 17.1. The molecule has 0 spiro atoms. The summed E-state index contributed by atoms with van der Waals surface area (Å²) in [4.78, 5) is 18.3. The molecule has 7 heteroatoms. The number of carbonyl (C=O) groups excluding carboxylic acids is 1. The molecule has 26 heavy (non-hydrogen) atoms. The van der Waals surface area contributed by atoms with Gasteiger partial charge in [0.25, 0.3) is 0 Å². The Kier molecular flexibility index (Phi) is 3.99. The van der Waals surface area contributed by atoms with Crippen molar-refractivity contribution < 1.29 is 18.1 Å². The number of aromatic nitrogens is 2. The largest absolute Gasteiger partial charge is 0.339 e. The Balaban J connectivity index is 1.56. The van der Waals surface area contributed by atoms with E-state index < -0.39 is 0 Å². The van der Waals surface area contributed by atoms with Gasteiger partial charge in [0.05, 0.1) is 5.92 Å². The van der Waals surface area contributed by atoms with Crippen LogP contribution in [0.15, 0.2) is 47.0 Å². The molecular formula is C19H15F2N3O2. The molecule has 3 aromatic rings. The Labute approximate surface area is 148 Å². The van der Waals surface area contributed by atoms with Gasteiger partial charge in [-0.05, 0) is 42.8 Å². The molecule has 4 rings (SSSR count). The molecule has 0 bridgehead atoms. The average Bonchev–Trinajstić information content (AvgIpc) is 3.24. The number of hydrogen-bond donors (Lipinski definition) is 0. The highest BCUT2D eigenvalue weighted by molar-refractivity contribution is 5.96. The zero-order valence-electron chi connectivity index (χ0n) is 13.9. The molecule has 1 unspecified atom stereocenters. The van der Waals surface area contributed by atoms with Crippen molar-refractivity contribution in [3.8, 4) is 11.4 Å². The number of carbonyl (C=O) groups is 1. The van der Waals surface area contributed by atoms with E-state index in [2.05, 4.69) is 10.1 Å². The van der Waals surface area contributed by atoms with Gasteiger partial charge in [0.1, 0.15) is 11.6 Å². The summed E-state index contributed by atoms with van der Waals surface area (Å²) in [7, 11) is 0. The van der Waals surface area contributed by atoms with E-state index in [0.29, 0.717) is 29.2 Å². The lowest BCUT2D eigenvalue weighted by Crippen LogP contribution is -2.24. The molecule has 132 valence electrons. The Hall–Kier alpha value is -3.09. The minimum atomic E-state index is -0.386. The van der Waals surface area contributed by atoms with Crippen molar-refractivity contribution in [1.82, 2.24) is 10.1 Å². The second kappa shape index (κ2) is 6.33. The first-order valence-corrected chi connectivity index (χ1v) is 8.17. The van der Waals surface area contributed by atoms with Gasteiger partial charge in [-0.15, -0.1) is 0 Å². The van der Waals surface area contributed by atoms with Gasteiger partial charge in [0.15, 0.2) is 0 Å². The summed E-state index contributed by atoms with van der Waals surface area (Å²) in [5.41, 5.74) is 1.63. The first-order chi connectivity index (χ1) is 12.5. The number of hydrogen-bond acceptors (Lipinski definition) is 4. The maximum absolute atomic E-state index is 13.5. The molecule has 1 aromatic heterocycles. The van der Waals surface area contributed by atoms with Gasteiger partial charge in [-0.2, -0.15) is 4.98 Å². The fourth-order valence-corrected chi connectivity index (χ4v) is 3.07. The molecule has 0 aliphatic carbocycles. The number of rotatable bonds is 3. The minimum absolute atomic E-state index is 0.0912. The van der Waals surface area contributed by atoms with Crippen LogP contribution >= 0.6 is 0 Å². The lowest BCUT2D eigenvalue weighted by atomic mass is 10.1. The van der Waals surface area contributed by atoms with Crippen molar-refractivity contribution in [2.45, 2.75) is 19.3 Å². The molecular weight excluding hydrogens is 340 g/mol. The summed E-state index contributed by atoms with van der Waals surface area (Å²) < 4.78 is 32.1. The molecule has 1 aliphatic heterocycles. The second-order valence-corrected chi connectivity index (χ2v) is 6.31. The van der Waals surface area contributed by atoms with Crippen LogP contribution in [-0.4, -0.2) is 22.6 Å². The van der Waals surface area contributed by atoms with Crippen LogP contribution in [0.25, 0.3) is 11.4 Å². The molecule has 1 saturated heterocycles. The van der Waals surface area contributed by atoms with E-state index in [1.807, 2.05) is 0 Å². The first kappa shape index (κ1) is 16.4. The zero-order chi connectivity index (χ0) is 18.3. The van der Waals surface area contributed by atoms with Crippen LogP contribution in [0.3, 0.4) is 0 Å². The van der Waals surface area contributed by atoms with Crippen LogP contribution in [-0.2, 0) is 4.79 Å². The van der Waals surface area contributed by atoms with E-state index in [9.17, 15) is 13.6 Å². The number of benzene rings is 2. The summed E-state index contributed by atoms with van der Waals surface area (Å²) in [5.74, 6) is -0.438. The quantitative estimate of drug-likeness (QED) is 0.716. The van der Waals surface area contributed by atoms with Crippen molar-refractivity contribution in [2.75, 3.05) is 11.4 Å². The van der Waals surface area contributed by atoms with E-state index >= 15 is 0 Å². The number of halogens is 2. The molecule has 0 radical (unpaired) electrons. The maximum Gasteiger partial charge on any atom is 0.232 e. The van der Waals surface area contributed by atoms with Gasteiger partial charge >= 0.3 is 0 Å². The summed E-state index contributed by atoms with van der Waals surface area (Å²) in [6.07, 6.45) is 0.223. The zero-order valence-corrected chi connectivity index (χ0v) is 13.9. The molecule has 0 N–H and O–H groups in total. The summed E-state index contributed by atoms with van der Waals surface area (Å²) in [6.45, 7) is 2.02. The van der Waals surface area contributed by atoms with Gasteiger partial charge < -0.3 is 9.42 Å². The van der Waals surface area contributed by atoms with Crippen LogP contribution in [0.1, 0.15) is 23.8 Å². The molecule has 1 atom stereocenters. The van der Waals surface area contributed by atoms with E-state index in [-0.39, 0.29) is 35.7 Å². The van der Waals surface area contributed by atoms with Crippen molar-refractivity contribution >= 4 is 11.6 Å². The second-order valence-electron chi connectivity index (χ2n) is 6.31. The molecule has 2 heterocycles. The van der Waals surface area contributed by atoms with Gasteiger partial charge in [0, 0.05) is 24.2 Å². The number of amides is 1. The third-order valence-electron chi connectivity index (χ3n) is 4.45.